The van der Waals surface area contributed by atoms with Crippen LogP contribution in [0.15, 0.2) is 50.6 Å². The van der Waals surface area contributed by atoms with E-state index in [4.69, 9.17) is 4.42 Å². The van der Waals surface area contributed by atoms with Crippen molar-refractivity contribution in [3.8, 4) is 0 Å². The van der Waals surface area contributed by atoms with Crippen LogP contribution in [0.4, 0.5) is 0 Å². The first kappa shape index (κ1) is 17.5. The van der Waals surface area contributed by atoms with E-state index in [1.165, 1.54) is 11.6 Å². The maximum absolute atomic E-state index is 12.1. The maximum Gasteiger partial charge on any atom is 0.274 e. The van der Waals surface area contributed by atoms with Gasteiger partial charge in [-0.25, -0.2) is 13.1 Å². The summed E-state index contributed by atoms with van der Waals surface area (Å²) < 4.78 is 32.4. The van der Waals surface area contributed by atoms with Crippen LogP contribution in [-0.4, -0.2) is 21.5 Å². The molecule has 1 unspecified atom stereocenters. The van der Waals surface area contributed by atoms with Crippen molar-refractivity contribution in [3.05, 3.63) is 52.2 Å². The lowest BCUT2D eigenvalue weighted by molar-refractivity contribution is 0.424. The second-order valence-corrected chi connectivity index (χ2v) is 7.35. The summed E-state index contributed by atoms with van der Waals surface area (Å²) in [6.07, 6.45) is 0.963. The van der Waals surface area contributed by atoms with Gasteiger partial charge < -0.3 is 9.73 Å². The van der Waals surface area contributed by atoms with E-state index in [1.54, 1.807) is 6.07 Å². The predicted octanol–water partition coefficient (Wildman–Crippen LogP) is 2.63. The Morgan fingerprint density at radius 1 is 1.27 bits per heavy atom. The highest BCUT2D eigenvalue weighted by Crippen LogP contribution is 2.23. The van der Waals surface area contributed by atoms with Crippen LogP contribution in [0.5, 0.6) is 0 Å². The maximum atomic E-state index is 12.1. The molecule has 3 rings (SSSR count). The number of halogens is 2. The van der Waals surface area contributed by atoms with E-state index in [9.17, 15) is 8.42 Å². The van der Waals surface area contributed by atoms with Gasteiger partial charge in [0.05, 0.1) is 0 Å². The van der Waals surface area contributed by atoms with Crippen molar-refractivity contribution in [2.75, 3.05) is 13.1 Å². The largest absolute Gasteiger partial charge is 0.437 e. The minimum Gasteiger partial charge on any atom is -0.437 e. The Kier molecular flexibility index (Phi) is 5.68. The lowest BCUT2D eigenvalue weighted by Crippen LogP contribution is -2.38. The molecule has 2 N–H and O–H groups in total. The Labute approximate surface area is 144 Å². The van der Waals surface area contributed by atoms with Crippen LogP contribution in [0.2, 0.25) is 0 Å². The van der Waals surface area contributed by atoms with Gasteiger partial charge >= 0.3 is 0 Å². The molecule has 22 heavy (non-hydrogen) atoms. The molecule has 0 fully saturated rings. The van der Waals surface area contributed by atoms with Gasteiger partial charge in [0.2, 0.25) is 5.09 Å². The van der Waals surface area contributed by atoms with E-state index >= 15 is 0 Å². The molecule has 0 saturated carbocycles. The molecule has 1 aliphatic heterocycles. The third-order valence-corrected chi connectivity index (χ3v) is 5.23. The van der Waals surface area contributed by atoms with Crippen LogP contribution in [0.3, 0.4) is 0 Å². The molecule has 2 heterocycles. The van der Waals surface area contributed by atoms with Crippen LogP contribution in [0, 0.1) is 0 Å². The van der Waals surface area contributed by atoms with Gasteiger partial charge in [-0.05, 0) is 52.2 Å². The van der Waals surface area contributed by atoms with Gasteiger partial charge in [-0.15, -0.1) is 12.4 Å². The van der Waals surface area contributed by atoms with Gasteiger partial charge in [0.1, 0.15) is 0 Å². The summed E-state index contributed by atoms with van der Waals surface area (Å²) in [5.41, 5.74) is 2.41. The molecule has 0 amide bonds. The lowest BCUT2D eigenvalue weighted by Gasteiger charge is -2.26. The summed E-state index contributed by atoms with van der Waals surface area (Å²) in [4.78, 5) is 0. The molecule has 5 nitrogen and oxygen atoms in total. The van der Waals surface area contributed by atoms with E-state index in [0.717, 1.165) is 18.5 Å². The fourth-order valence-corrected chi connectivity index (χ4v) is 3.87. The molecule has 1 aromatic carbocycles. The zero-order chi connectivity index (χ0) is 14.9. The van der Waals surface area contributed by atoms with Gasteiger partial charge in [0, 0.05) is 12.6 Å². The molecule has 0 spiro atoms. The molecule has 8 heteroatoms. The topological polar surface area (TPSA) is 71.3 Å². The zero-order valence-electron chi connectivity index (χ0n) is 11.6. The van der Waals surface area contributed by atoms with E-state index in [-0.39, 0.29) is 30.1 Å². The number of fused-ring (bicyclic) bond motifs is 1. The van der Waals surface area contributed by atoms with E-state index < -0.39 is 10.0 Å². The second kappa shape index (κ2) is 7.14. The highest BCUT2D eigenvalue weighted by Gasteiger charge is 2.23. The van der Waals surface area contributed by atoms with Crippen LogP contribution in [-0.2, 0) is 16.4 Å². The SMILES string of the molecule is Cl.O=S(=O)(NCC1NCCc2ccccc21)c1ccc(Br)o1. The first-order valence-electron chi connectivity index (χ1n) is 6.62. The van der Waals surface area contributed by atoms with Crippen molar-refractivity contribution < 1.29 is 12.8 Å². The average molecular weight is 408 g/mol. The van der Waals surface area contributed by atoms with Crippen LogP contribution >= 0.6 is 28.3 Å². The van der Waals surface area contributed by atoms with Gasteiger partial charge in [0.15, 0.2) is 4.67 Å². The van der Waals surface area contributed by atoms with Crippen molar-refractivity contribution in [3.63, 3.8) is 0 Å². The minimum atomic E-state index is -3.63. The lowest BCUT2D eigenvalue weighted by atomic mass is 9.95. The molecule has 0 saturated heterocycles. The van der Waals surface area contributed by atoms with E-state index in [2.05, 4.69) is 32.0 Å². The predicted molar refractivity (Wildman–Crippen MR) is 89.7 cm³/mol. The van der Waals surface area contributed by atoms with E-state index in [1.807, 2.05) is 18.2 Å². The highest BCUT2D eigenvalue weighted by molar-refractivity contribution is 9.10. The molecule has 1 atom stereocenters. The van der Waals surface area contributed by atoms with Crippen molar-refractivity contribution >= 4 is 38.4 Å². The molecule has 0 radical (unpaired) electrons. The number of furan rings is 1. The van der Waals surface area contributed by atoms with E-state index in [0.29, 0.717) is 4.67 Å². The standard InChI is InChI=1S/C14H15BrN2O3S.ClH/c15-13-5-6-14(20-13)21(18,19)17-9-12-11-4-2-1-3-10(11)7-8-16-12;/h1-6,12,16-17H,7-9H2;1H. The number of rotatable bonds is 4. The van der Waals surface area contributed by atoms with Crippen molar-refractivity contribution in [1.29, 1.82) is 0 Å². The molecule has 1 aromatic heterocycles. The Bertz CT molecular complexity index is 748. The van der Waals surface area contributed by atoms with Gasteiger partial charge in [-0.1, -0.05) is 24.3 Å². The molecule has 1 aliphatic rings. The molecule has 120 valence electrons. The fourth-order valence-electron chi connectivity index (χ4n) is 2.48. The van der Waals surface area contributed by atoms with Crippen molar-refractivity contribution in [1.82, 2.24) is 10.0 Å². The molecular formula is C14H16BrClN2O3S. The van der Waals surface area contributed by atoms with Crippen LogP contribution in [0.1, 0.15) is 17.2 Å². The minimum absolute atomic E-state index is 0. The number of nitrogens with one attached hydrogen (secondary N) is 2. The van der Waals surface area contributed by atoms with Crippen molar-refractivity contribution in [2.24, 2.45) is 0 Å². The highest BCUT2D eigenvalue weighted by atomic mass is 79.9. The van der Waals surface area contributed by atoms with Gasteiger partial charge in [-0.2, -0.15) is 0 Å². The Morgan fingerprint density at radius 2 is 2.05 bits per heavy atom. The van der Waals surface area contributed by atoms with Crippen LogP contribution in [0.25, 0.3) is 0 Å². The third kappa shape index (κ3) is 3.72. The Morgan fingerprint density at radius 3 is 2.77 bits per heavy atom. The summed E-state index contributed by atoms with van der Waals surface area (Å²) in [6.45, 7) is 1.13. The summed E-state index contributed by atoms with van der Waals surface area (Å²) in [5.74, 6) is 0. The summed E-state index contributed by atoms with van der Waals surface area (Å²) in [5, 5.41) is 3.25. The number of hydrogen-bond acceptors (Lipinski definition) is 4. The number of benzene rings is 1. The number of hydrogen-bond donors (Lipinski definition) is 2. The summed E-state index contributed by atoms with van der Waals surface area (Å²) >= 11 is 3.10. The normalized spacial score (nSPS) is 17.6. The fraction of sp³-hybridized carbons (Fsp3) is 0.286. The summed E-state index contributed by atoms with van der Waals surface area (Å²) in [6, 6.07) is 11.0. The van der Waals surface area contributed by atoms with Crippen LogP contribution < -0.4 is 10.0 Å². The Balaban J connectivity index is 0.00000176. The molecule has 0 bridgehead atoms. The number of sulfonamides is 1. The first-order chi connectivity index (χ1) is 10.1. The summed E-state index contributed by atoms with van der Waals surface area (Å²) in [7, 11) is -3.63. The third-order valence-electron chi connectivity index (χ3n) is 3.51. The first-order valence-corrected chi connectivity index (χ1v) is 8.90. The van der Waals surface area contributed by atoms with Crippen molar-refractivity contribution in [2.45, 2.75) is 17.6 Å². The smallest absolute Gasteiger partial charge is 0.274 e. The molecule has 0 aliphatic carbocycles. The second-order valence-electron chi connectivity index (χ2n) is 4.87. The van der Waals surface area contributed by atoms with Gasteiger partial charge in [-0.3, -0.25) is 0 Å². The Hall–Kier alpha value is -0.860. The monoisotopic (exact) mass is 406 g/mol. The zero-order valence-corrected chi connectivity index (χ0v) is 14.8. The molecular weight excluding hydrogens is 392 g/mol. The quantitative estimate of drug-likeness (QED) is 0.817. The molecule has 2 aromatic rings. The van der Waals surface area contributed by atoms with Gasteiger partial charge in [0.25, 0.3) is 10.0 Å². The average Bonchev–Trinajstić information content (AvgIpc) is 2.93.